The number of amides is 1. The molecule has 0 saturated heterocycles. The summed E-state index contributed by atoms with van der Waals surface area (Å²) in [6.07, 6.45) is -3.63. The van der Waals surface area contributed by atoms with E-state index in [4.69, 9.17) is 59.9 Å². The molecule has 0 aliphatic heterocycles. The zero-order valence-corrected chi connectivity index (χ0v) is 34.2. The van der Waals surface area contributed by atoms with Crippen LogP contribution in [-0.4, -0.2) is 137 Å². The number of halogens is 3. The molecule has 0 spiro atoms. The van der Waals surface area contributed by atoms with Crippen LogP contribution in [0.4, 0.5) is 24.7 Å². The summed E-state index contributed by atoms with van der Waals surface area (Å²) in [6.45, 7) is 8.21. The Hall–Kier alpha value is -5.65. The number of nitrogens with one attached hydrogen (secondary N) is 3. The van der Waals surface area contributed by atoms with Gasteiger partial charge in [-0.05, 0) is 37.6 Å². The van der Waals surface area contributed by atoms with Crippen molar-refractivity contribution in [1.82, 2.24) is 14.9 Å². The Morgan fingerprint density at radius 2 is 1.34 bits per heavy atom. The monoisotopic (exact) mass is 869 g/mol. The van der Waals surface area contributed by atoms with Gasteiger partial charge in [-0.25, -0.2) is 14.6 Å². The van der Waals surface area contributed by atoms with Crippen molar-refractivity contribution < 1.29 is 65.8 Å². The Morgan fingerprint density at radius 1 is 0.836 bits per heavy atom. The van der Waals surface area contributed by atoms with E-state index in [0.29, 0.717) is 77.2 Å². The number of nitrogen functional groups attached to an aromatic ring is 2. The maximum Gasteiger partial charge on any atom is 0.490 e. The van der Waals surface area contributed by atoms with E-state index in [9.17, 15) is 27.6 Å². The van der Waals surface area contributed by atoms with Gasteiger partial charge in [0.2, 0.25) is 5.91 Å². The molecule has 1 amide bonds. The van der Waals surface area contributed by atoms with Gasteiger partial charge in [0.05, 0.1) is 90.1 Å². The highest BCUT2D eigenvalue weighted by atomic mass is 19.4. The Morgan fingerprint density at radius 3 is 1.82 bits per heavy atom. The van der Waals surface area contributed by atoms with Gasteiger partial charge < -0.3 is 60.4 Å². The van der Waals surface area contributed by atoms with Gasteiger partial charge in [-0.2, -0.15) is 13.2 Å². The first-order valence-electron chi connectivity index (χ1n) is 18.9. The second-order valence-electron chi connectivity index (χ2n) is 12.9. The molecule has 22 heteroatoms. The summed E-state index contributed by atoms with van der Waals surface area (Å²) in [5.41, 5.74) is 13.6. The largest absolute Gasteiger partial charge is 0.490 e. The molecular formula is C39H54F3N7O12. The molecule has 1 aromatic heterocycles. The molecule has 0 saturated carbocycles. The van der Waals surface area contributed by atoms with Crippen molar-refractivity contribution >= 4 is 35.2 Å². The molecule has 338 valence electrons. The summed E-state index contributed by atoms with van der Waals surface area (Å²) in [6, 6.07) is 11.4. The SMILES string of the molecule is COCCOCCOCCOCCOCCOCCOC(=O)c1cc(N)cc(-c2cnc(NC(C)C)c(=O)n2CC(=O)NCc2ccc(C(=N)N)cc2)c1.O=C(O)C(F)(F)F. The Labute approximate surface area is 350 Å². The maximum atomic E-state index is 13.6. The number of benzene rings is 2. The lowest BCUT2D eigenvalue weighted by Gasteiger charge is -2.17. The van der Waals surface area contributed by atoms with E-state index in [-0.39, 0.29) is 60.9 Å². The molecule has 3 aromatic rings. The standard InChI is InChI=1S/C37H53N7O10.C2HF3O2/c1-26(2)43-35-36(46)44(25-33(45)41-23-27-4-6-28(7-5-27)34(39)40)32(24-42-35)29-20-30(22-31(38)21-29)37(47)54-19-18-53-17-16-52-15-14-51-13-12-50-11-10-49-9-8-48-3;3-2(4,5)1(6)7/h4-7,20-22,24,26H,8-19,23,25,38H2,1-3H3,(H3,39,40)(H,41,45)(H,42,43);(H,6,7). The van der Waals surface area contributed by atoms with E-state index in [1.54, 1.807) is 37.4 Å². The third-order valence-electron chi connectivity index (χ3n) is 7.65. The van der Waals surface area contributed by atoms with E-state index < -0.39 is 29.6 Å². The fourth-order valence-electron chi connectivity index (χ4n) is 4.77. The minimum atomic E-state index is -5.08. The van der Waals surface area contributed by atoms with Crippen molar-refractivity contribution in [3.63, 3.8) is 0 Å². The molecule has 2 aromatic carbocycles. The lowest BCUT2D eigenvalue weighted by molar-refractivity contribution is -0.192. The van der Waals surface area contributed by atoms with E-state index in [1.165, 1.54) is 22.9 Å². The van der Waals surface area contributed by atoms with Crippen LogP contribution in [0, 0.1) is 5.41 Å². The topological polar surface area (TPSA) is 271 Å². The van der Waals surface area contributed by atoms with Gasteiger partial charge in [-0.15, -0.1) is 0 Å². The zero-order valence-electron chi connectivity index (χ0n) is 34.2. The first-order chi connectivity index (χ1) is 29.0. The molecule has 0 aliphatic rings. The van der Waals surface area contributed by atoms with Crippen molar-refractivity contribution in [3.8, 4) is 11.3 Å². The molecule has 19 nitrogen and oxygen atoms in total. The number of nitrogens with two attached hydrogens (primary N) is 2. The number of carboxylic acids is 1. The average Bonchev–Trinajstić information content (AvgIpc) is 3.20. The Balaban J connectivity index is 0.00000168. The number of carbonyl (C=O) groups is 3. The van der Waals surface area contributed by atoms with E-state index in [1.807, 2.05) is 13.8 Å². The fraction of sp³-hybridized carbons (Fsp3) is 0.487. The predicted octanol–water partition coefficient (Wildman–Crippen LogP) is 2.43. The molecule has 0 atom stereocenters. The van der Waals surface area contributed by atoms with Crippen molar-refractivity contribution in [2.24, 2.45) is 5.73 Å². The quantitative estimate of drug-likeness (QED) is 0.0211. The first-order valence-corrected chi connectivity index (χ1v) is 18.9. The molecule has 8 N–H and O–H groups in total. The molecule has 3 rings (SSSR count). The van der Waals surface area contributed by atoms with Crippen LogP contribution in [0.1, 0.15) is 35.3 Å². The van der Waals surface area contributed by atoms with Crippen LogP contribution in [0.5, 0.6) is 0 Å². The van der Waals surface area contributed by atoms with Crippen LogP contribution < -0.4 is 27.7 Å². The number of methoxy groups -OCH3 is 1. The van der Waals surface area contributed by atoms with Gasteiger partial charge in [-0.1, -0.05) is 24.3 Å². The molecule has 0 unspecified atom stereocenters. The fourth-order valence-corrected chi connectivity index (χ4v) is 4.77. The molecule has 0 aliphatic carbocycles. The molecule has 0 radical (unpaired) electrons. The number of aromatic nitrogens is 2. The number of alkyl halides is 3. The maximum absolute atomic E-state index is 13.6. The molecule has 1 heterocycles. The smallest absolute Gasteiger partial charge is 0.475 e. The van der Waals surface area contributed by atoms with Gasteiger partial charge in [0.25, 0.3) is 5.56 Å². The second-order valence-corrected chi connectivity index (χ2v) is 12.9. The van der Waals surface area contributed by atoms with Crippen molar-refractivity contribution in [1.29, 1.82) is 5.41 Å². The number of rotatable bonds is 27. The van der Waals surface area contributed by atoms with Crippen molar-refractivity contribution in [2.45, 2.75) is 39.2 Å². The number of nitrogens with zero attached hydrogens (tertiary/aromatic N) is 2. The molecule has 61 heavy (non-hydrogen) atoms. The van der Waals surface area contributed by atoms with Crippen LogP contribution >= 0.6 is 0 Å². The van der Waals surface area contributed by atoms with Crippen LogP contribution in [0.3, 0.4) is 0 Å². The Bertz CT molecular complexity index is 1880. The predicted molar refractivity (Wildman–Crippen MR) is 216 cm³/mol. The summed E-state index contributed by atoms with van der Waals surface area (Å²) in [7, 11) is 1.62. The Kier molecular flexibility index (Phi) is 23.6. The van der Waals surface area contributed by atoms with Gasteiger partial charge in [0, 0.05) is 36.5 Å². The highest BCUT2D eigenvalue weighted by Gasteiger charge is 2.38. The van der Waals surface area contributed by atoms with Gasteiger partial charge in [-0.3, -0.25) is 19.6 Å². The number of carbonyl (C=O) groups excluding carboxylic acids is 2. The summed E-state index contributed by atoms with van der Waals surface area (Å²) < 4.78 is 70.4. The number of hydrogen-bond donors (Lipinski definition) is 6. The lowest BCUT2D eigenvalue weighted by atomic mass is 10.1. The number of esters is 1. The van der Waals surface area contributed by atoms with E-state index in [0.717, 1.165) is 5.56 Å². The van der Waals surface area contributed by atoms with Gasteiger partial charge in [0.1, 0.15) is 19.0 Å². The van der Waals surface area contributed by atoms with Gasteiger partial charge >= 0.3 is 18.1 Å². The van der Waals surface area contributed by atoms with Crippen molar-refractivity contribution in [2.75, 3.05) is 97.4 Å². The van der Waals surface area contributed by atoms with Crippen LogP contribution in [-0.2, 0) is 55.8 Å². The normalized spacial score (nSPS) is 11.1. The third-order valence-corrected chi connectivity index (χ3v) is 7.65. The van der Waals surface area contributed by atoms with Crippen molar-refractivity contribution in [3.05, 3.63) is 75.7 Å². The lowest BCUT2D eigenvalue weighted by Crippen LogP contribution is -2.35. The average molecular weight is 870 g/mol. The van der Waals surface area contributed by atoms with Crippen LogP contribution in [0.2, 0.25) is 0 Å². The minimum absolute atomic E-state index is 0.0109. The number of amidine groups is 1. The summed E-state index contributed by atoms with van der Waals surface area (Å²) in [4.78, 5) is 52.9. The zero-order chi connectivity index (χ0) is 45.2. The third kappa shape index (κ3) is 20.9. The highest BCUT2D eigenvalue weighted by molar-refractivity contribution is 5.95. The summed E-state index contributed by atoms with van der Waals surface area (Å²) in [5, 5.41) is 20.5. The van der Waals surface area contributed by atoms with Gasteiger partial charge in [0.15, 0.2) is 5.82 Å². The number of carboxylic acid groups (broad SMARTS) is 1. The molecule has 0 fully saturated rings. The van der Waals surface area contributed by atoms with E-state index in [2.05, 4.69) is 15.6 Å². The van der Waals surface area contributed by atoms with E-state index >= 15 is 0 Å². The van der Waals surface area contributed by atoms with Crippen LogP contribution in [0.15, 0.2) is 53.5 Å². The summed E-state index contributed by atoms with van der Waals surface area (Å²) >= 11 is 0. The number of anilines is 2. The number of aliphatic carboxylic acids is 1. The number of hydrogen-bond acceptors (Lipinski definition) is 15. The minimum Gasteiger partial charge on any atom is -0.475 e. The number of ether oxygens (including phenoxy) is 7. The van der Waals surface area contributed by atoms with Crippen LogP contribution in [0.25, 0.3) is 11.3 Å². The first kappa shape index (κ1) is 51.5. The summed E-state index contributed by atoms with van der Waals surface area (Å²) in [5.74, 6) is -3.82. The molecular weight excluding hydrogens is 815 g/mol. The highest BCUT2D eigenvalue weighted by Crippen LogP contribution is 2.24. The molecule has 0 bridgehead atoms. The second kappa shape index (κ2) is 28.0.